The molecule has 2 aliphatic heterocycles. The van der Waals surface area contributed by atoms with Crippen LogP contribution in [0.25, 0.3) is 21.3 Å². The van der Waals surface area contributed by atoms with Gasteiger partial charge in [-0.25, -0.2) is 9.97 Å². The van der Waals surface area contributed by atoms with E-state index in [1.807, 2.05) is 0 Å². The molecule has 4 heterocycles. The molecule has 3 aliphatic rings. The lowest BCUT2D eigenvalue weighted by atomic mass is 10.00. The number of anilines is 1. The SMILES string of the molecule is c1ccc(-c2csc3nc(C4CC4)nc(N4CCOC5(CCOC5)C4)c23)cc1. The molecule has 6 rings (SSSR count). The van der Waals surface area contributed by atoms with Gasteiger partial charge in [-0.2, -0.15) is 0 Å². The number of fused-ring (bicyclic) bond motifs is 1. The quantitative estimate of drug-likeness (QED) is 0.666. The molecule has 5 nitrogen and oxygen atoms in total. The van der Waals surface area contributed by atoms with Gasteiger partial charge in [-0.05, 0) is 18.4 Å². The second-order valence-corrected chi connectivity index (χ2v) is 8.99. The van der Waals surface area contributed by atoms with Gasteiger partial charge < -0.3 is 14.4 Å². The molecule has 0 amide bonds. The maximum absolute atomic E-state index is 6.17. The number of nitrogens with zero attached hydrogens (tertiary/aromatic N) is 3. The summed E-state index contributed by atoms with van der Waals surface area (Å²) < 4.78 is 11.8. The molecule has 1 atom stereocenters. The molecule has 28 heavy (non-hydrogen) atoms. The van der Waals surface area contributed by atoms with Gasteiger partial charge in [0.2, 0.25) is 0 Å². The summed E-state index contributed by atoms with van der Waals surface area (Å²) in [5.41, 5.74) is 2.28. The molecule has 1 saturated carbocycles. The predicted octanol–water partition coefficient (Wildman–Crippen LogP) is 4.23. The Balaban J connectivity index is 1.50. The highest BCUT2D eigenvalue weighted by atomic mass is 32.1. The van der Waals surface area contributed by atoms with Gasteiger partial charge in [-0.1, -0.05) is 30.3 Å². The zero-order valence-corrected chi connectivity index (χ0v) is 16.6. The number of ether oxygens (including phenoxy) is 2. The summed E-state index contributed by atoms with van der Waals surface area (Å²) in [6.07, 6.45) is 3.38. The van der Waals surface area contributed by atoms with E-state index in [4.69, 9.17) is 19.4 Å². The van der Waals surface area contributed by atoms with E-state index in [9.17, 15) is 0 Å². The molecular formula is C22H23N3O2S. The van der Waals surface area contributed by atoms with Crippen LogP contribution in [0.1, 0.15) is 31.0 Å². The van der Waals surface area contributed by atoms with Gasteiger partial charge in [0.05, 0.1) is 25.1 Å². The molecule has 1 unspecified atom stereocenters. The standard InChI is InChI=1S/C22H23N3O2S/c1-2-4-15(5-3-1)17-12-28-21-18(17)20(23-19(24-21)16-6-7-16)25-9-11-27-22(13-25)8-10-26-14-22/h1-5,12,16H,6-11,13-14H2. The molecule has 6 heteroatoms. The van der Waals surface area contributed by atoms with Crippen molar-refractivity contribution in [2.45, 2.75) is 30.8 Å². The third-order valence-electron chi connectivity index (χ3n) is 6.07. The number of hydrogen-bond donors (Lipinski definition) is 0. The molecule has 144 valence electrons. The average molecular weight is 394 g/mol. The van der Waals surface area contributed by atoms with Gasteiger partial charge in [-0.3, -0.25) is 0 Å². The first-order valence-corrected chi connectivity index (χ1v) is 11.0. The van der Waals surface area contributed by atoms with Crippen molar-refractivity contribution in [3.63, 3.8) is 0 Å². The van der Waals surface area contributed by atoms with E-state index in [1.165, 1.54) is 29.4 Å². The summed E-state index contributed by atoms with van der Waals surface area (Å²) in [4.78, 5) is 13.6. The van der Waals surface area contributed by atoms with Crippen LogP contribution in [0.4, 0.5) is 5.82 Å². The lowest BCUT2D eigenvalue weighted by Crippen LogP contribution is -2.52. The topological polar surface area (TPSA) is 47.5 Å². The van der Waals surface area contributed by atoms with Crippen LogP contribution in [-0.4, -0.2) is 48.5 Å². The zero-order valence-electron chi connectivity index (χ0n) is 15.8. The average Bonchev–Trinajstić information content (AvgIpc) is 3.36. The van der Waals surface area contributed by atoms with Gasteiger partial charge >= 0.3 is 0 Å². The second-order valence-electron chi connectivity index (χ2n) is 8.13. The fourth-order valence-corrected chi connectivity index (χ4v) is 5.32. The number of rotatable bonds is 3. The number of aromatic nitrogens is 2. The van der Waals surface area contributed by atoms with Gasteiger partial charge in [0, 0.05) is 36.4 Å². The Morgan fingerprint density at radius 3 is 2.79 bits per heavy atom. The Hall–Kier alpha value is -2.02. The molecule has 2 saturated heterocycles. The van der Waals surface area contributed by atoms with Crippen molar-refractivity contribution in [3.05, 3.63) is 41.5 Å². The highest BCUT2D eigenvalue weighted by Gasteiger charge is 2.41. The fraction of sp³-hybridized carbons (Fsp3) is 0.455. The number of thiophene rings is 1. The van der Waals surface area contributed by atoms with E-state index in [2.05, 4.69) is 40.6 Å². The van der Waals surface area contributed by atoms with Crippen LogP contribution in [0.5, 0.6) is 0 Å². The van der Waals surface area contributed by atoms with Crippen LogP contribution in [0.15, 0.2) is 35.7 Å². The zero-order chi connectivity index (χ0) is 18.6. The Labute approximate surface area is 168 Å². The summed E-state index contributed by atoms with van der Waals surface area (Å²) in [6.45, 7) is 3.89. The summed E-state index contributed by atoms with van der Waals surface area (Å²) in [6, 6.07) is 10.6. The van der Waals surface area contributed by atoms with Gasteiger partial charge in [0.25, 0.3) is 0 Å². The minimum Gasteiger partial charge on any atom is -0.378 e. The molecule has 0 N–H and O–H groups in total. The van der Waals surface area contributed by atoms with E-state index in [0.717, 1.165) is 49.2 Å². The minimum absolute atomic E-state index is 0.182. The van der Waals surface area contributed by atoms with Crippen LogP contribution < -0.4 is 4.90 Å². The highest BCUT2D eigenvalue weighted by Crippen LogP contribution is 2.44. The molecular weight excluding hydrogens is 370 g/mol. The van der Waals surface area contributed by atoms with Crippen molar-refractivity contribution in [1.82, 2.24) is 9.97 Å². The van der Waals surface area contributed by atoms with Crippen molar-refractivity contribution in [3.8, 4) is 11.1 Å². The first kappa shape index (κ1) is 16.9. The van der Waals surface area contributed by atoms with E-state index in [-0.39, 0.29) is 5.60 Å². The first-order chi connectivity index (χ1) is 13.8. The minimum atomic E-state index is -0.182. The lowest BCUT2D eigenvalue weighted by Gasteiger charge is -2.40. The van der Waals surface area contributed by atoms with E-state index in [0.29, 0.717) is 12.5 Å². The molecule has 1 aliphatic carbocycles. The Kier molecular flexibility index (Phi) is 3.93. The molecule has 0 radical (unpaired) electrons. The molecule has 1 spiro atoms. The number of benzene rings is 1. The Bertz CT molecular complexity index is 1010. The van der Waals surface area contributed by atoms with Crippen molar-refractivity contribution in [1.29, 1.82) is 0 Å². The molecule has 2 aromatic heterocycles. The number of hydrogen-bond acceptors (Lipinski definition) is 6. The normalized spacial score (nSPS) is 25.1. The maximum atomic E-state index is 6.17. The van der Waals surface area contributed by atoms with Crippen molar-refractivity contribution in [2.75, 3.05) is 37.8 Å². The van der Waals surface area contributed by atoms with Crippen LogP contribution in [0.3, 0.4) is 0 Å². The van der Waals surface area contributed by atoms with Crippen molar-refractivity contribution < 1.29 is 9.47 Å². The second kappa shape index (κ2) is 6.51. The van der Waals surface area contributed by atoms with Crippen molar-refractivity contribution in [2.24, 2.45) is 0 Å². The van der Waals surface area contributed by atoms with Gasteiger partial charge in [0.1, 0.15) is 22.1 Å². The summed E-state index contributed by atoms with van der Waals surface area (Å²) in [5.74, 6) is 2.64. The largest absolute Gasteiger partial charge is 0.378 e. The monoisotopic (exact) mass is 393 g/mol. The summed E-state index contributed by atoms with van der Waals surface area (Å²) >= 11 is 1.74. The van der Waals surface area contributed by atoms with E-state index >= 15 is 0 Å². The Morgan fingerprint density at radius 2 is 2.00 bits per heavy atom. The smallest absolute Gasteiger partial charge is 0.141 e. The lowest BCUT2D eigenvalue weighted by molar-refractivity contribution is -0.0580. The van der Waals surface area contributed by atoms with Gasteiger partial charge in [0.15, 0.2) is 0 Å². The summed E-state index contributed by atoms with van der Waals surface area (Å²) in [5, 5.41) is 3.43. The van der Waals surface area contributed by atoms with Crippen LogP contribution in [0, 0.1) is 0 Å². The highest BCUT2D eigenvalue weighted by molar-refractivity contribution is 7.17. The maximum Gasteiger partial charge on any atom is 0.141 e. The van der Waals surface area contributed by atoms with Crippen LogP contribution in [0.2, 0.25) is 0 Å². The van der Waals surface area contributed by atoms with Gasteiger partial charge in [-0.15, -0.1) is 11.3 Å². The third-order valence-corrected chi connectivity index (χ3v) is 6.95. The fourth-order valence-electron chi connectivity index (χ4n) is 4.38. The molecule has 3 fully saturated rings. The van der Waals surface area contributed by atoms with E-state index in [1.54, 1.807) is 11.3 Å². The van der Waals surface area contributed by atoms with Crippen LogP contribution >= 0.6 is 11.3 Å². The van der Waals surface area contributed by atoms with Crippen molar-refractivity contribution >= 4 is 27.4 Å². The number of morpholine rings is 1. The molecule has 1 aromatic carbocycles. The molecule has 0 bridgehead atoms. The third kappa shape index (κ3) is 2.82. The molecule has 3 aromatic rings. The van der Waals surface area contributed by atoms with Crippen LogP contribution in [-0.2, 0) is 9.47 Å². The first-order valence-electron chi connectivity index (χ1n) is 10.1. The summed E-state index contributed by atoms with van der Waals surface area (Å²) in [7, 11) is 0. The van der Waals surface area contributed by atoms with E-state index < -0.39 is 0 Å². The predicted molar refractivity (Wildman–Crippen MR) is 111 cm³/mol. The Morgan fingerprint density at radius 1 is 1.11 bits per heavy atom.